The molecular weight excluding hydrogens is 216 g/mol. The molecule has 0 fully saturated rings. The molecule has 0 radical (unpaired) electrons. The summed E-state index contributed by atoms with van der Waals surface area (Å²) >= 11 is 0. The van der Waals surface area contributed by atoms with E-state index >= 15 is 0 Å². The van der Waals surface area contributed by atoms with Crippen LogP contribution < -0.4 is 4.74 Å². The summed E-state index contributed by atoms with van der Waals surface area (Å²) in [6.07, 6.45) is 5.93. The average Bonchev–Trinajstić information content (AvgIpc) is 2.34. The van der Waals surface area contributed by atoms with Gasteiger partial charge < -0.3 is 9.84 Å². The summed E-state index contributed by atoms with van der Waals surface area (Å²) < 4.78 is 5.17. The molecule has 0 unspecified atom stereocenters. The smallest absolute Gasteiger partial charge is 0.328 e. The van der Waals surface area contributed by atoms with E-state index in [9.17, 15) is 4.79 Å². The van der Waals surface area contributed by atoms with Crippen LogP contribution in [0.25, 0.3) is 6.08 Å². The lowest BCUT2D eigenvalue weighted by molar-refractivity contribution is -0.131. The fourth-order valence-corrected chi connectivity index (χ4v) is 1.62. The van der Waals surface area contributed by atoms with Gasteiger partial charge in [-0.25, -0.2) is 4.79 Å². The minimum Gasteiger partial charge on any atom is -0.497 e. The van der Waals surface area contributed by atoms with Crippen molar-refractivity contribution in [3.8, 4) is 5.75 Å². The highest BCUT2D eigenvalue weighted by atomic mass is 16.5. The van der Waals surface area contributed by atoms with Crippen molar-refractivity contribution < 1.29 is 14.6 Å². The molecule has 1 aromatic rings. The van der Waals surface area contributed by atoms with E-state index in [-0.39, 0.29) is 0 Å². The van der Waals surface area contributed by atoms with E-state index in [4.69, 9.17) is 9.84 Å². The molecule has 17 heavy (non-hydrogen) atoms. The van der Waals surface area contributed by atoms with Crippen LogP contribution in [-0.4, -0.2) is 18.2 Å². The fourth-order valence-electron chi connectivity index (χ4n) is 1.62. The van der Waals surface area contributed by atoms with Gasteiger partial charge in [0.05, 0.1) is 7.11 Å². The molecule has 0 heterocycles. The molecule has 0 aliphatic rings. The zero-order valence-corrected chi connectivity index (χ0v) is 10.3. The van der Waals surface area contributed by atoms with Crippen LogP contribution in [0.15, 0.2) is 24.3 Å². The van der Waals surface area contributed by atoms with Crippen LogP contribution in [0.5, 0.6) is 5.75 Å². The molecule has 0 spiro atoms. The van der Waals surface area contributed by atoms with Crippen LogP contribution in [-0.2, 0) is 11.2 Å². The van der Waals surface area contributed by atoms with Crippen molar-refractivity contribution >= 4 is 12.0 Å². The zero-order valence-electron chi connectivity index (χ0n) is 10.3. The molecule has 0 bridgehead atoms. The standard InChI is InChI=1S/C14H18O3/c1-3-4-5-12-10-13(17-2)8-6-11(12)7-9-14(15)16/h6-10H,3-5H2,1-2H3,(H,15,16). The predicted octanol–water partition coefficient (Wildman–Crippen LogP) is 3.14. The number of carbonyl (C=O) groups is 1. The molecule has 92 valence electrons. The van der Waals surface area contributed by atoms with Crippen LogP contribution in [0.3, 0.4) is 0 Å². The predicted molar refractivity (Wildman–Crippen MR) is 68.3 cm³/mol. The van der Waals surface area contributed by atoms with Gasteiger partial charge in [0.25, 0.3) is 0 Å². The van der Waals surface area contributed by atoms with Crippen LogP contribution in [0.4, 0.5) is 0 Å². The van der Waals surface area contributed by atoms with Crippen molar-refractivity contribution in [1.82, 2.24) is 0 Å². The van der Waals surface area contributed by atoms with Crippen molar-refractivity contribution in [3.05, 3.63) is 35.4 Å². The second kappa shape index (κ2) is 6.74. The van der Waals surface area contributed by atoms with Crippen molar-refractivity contribution in [3.63, 3.8) is 0 Å². The topological polar surface area (TPSA) is 46.5 Å². The summed E-state index contributed by atoms with van der Waals surface area (Å²) in [6, 6.07) is 5.71. The van der Waals surface area contributed by atoms with Crippen LogP contribution in [0, 0.1) is 0 Å². The number of rotatable bonds is 6. The molecule has 0 atom stereocenters. The van der Waals surface area contributed by atoms with Gasteiger partial charge in [-0.15, -0.1) is 0 Å². The van der Waals surface area contributed by atoms with E-state index < -0.39 is 5.97 Å². The number of methoxy groups -OCH3 is 1. The summed E-state index contributed by atoms with van der Waals surface area (Å²) in [6.45, 7) is 2.13. The third-order valence-electron chi connectivity index (χ3n) is 2.56. The first-order valence-electron chi connectivity index (χ1n) is 5.75. The molecular formula is C14H18O3. The van der Waals surface area contributed by atoms with Gasteiger partial charge in [0, 0.05) is 6.08 Å². The Morgan fingerprint density at radius 2 is 2.24 bits per heavy atom. The number of hydrogen-bond acceptors (Lipinski definition) is 2. The summed E-state index contributed by atoms with van der Waals surface area (Å²) in [4.78, 5) is 10.5. The molecule has 0 aliphatic heterocycles. The first-order valence-corrected chi connectivity index (χ1v) is 5.75. The maximum absolute atomic E-state index is 10.5. The SMILES string of the molecule is CCCCc1cc(OC)ccc1C=CC(=O)O. The van der Waals surface area contributed by atoms with Crippen LogP contribution in [0.1, 0.15) is 30.9 Å². The van der Waals surface area contributed by atoms with Crippen LogP contribution >= 0.6 is 0 Å². The van der Waals surface area contributed by atoms with Gasteiger partial charge in [0.1, 0.15) is 5.75 Å². The average molecular weight is 234 g/mol. The number of carboxylic acids is 1. The van der Waals surface area contributed by atoms with Crippen molar-refractivity contribution in [2.24, 2.45) is 0 Å². The summed E-state index contributed by atoms with van der Waals surface area (Å²) in [5.74, 6) is -0.120. The second-order valence-corrected chi connectivity index (χ2v) is 3.84. The lowest BCUT2D eigenvalue weighted by Gasteiger charge is -2.08. The van der Waals surface area contributed by atoms with Gasteiger partial charge >= 0.3 is 5.97 Å². The minimum absolute atomic E-state index is 0.809. The summed E-state index contributed by atoms with van der Waals surface area (Å²) in [5, 5.41) is 8.63. The molecule has 0 aliphatic carbocycles. The Morgan fingerprint density at radius 1 is 1.47 bits per heavy atom. The molecule has 1 aromatic carbocycles. The Balaban J connectivity index is 2.97. The van der Waals surface area contributed by atoms with E-state index in [0.29, 0.717) is 0 Å². The van der Waals surface area contributed by atoms with E-state index in [1.165, 1.54) is 0 Å². The number of benzene rings is 1. The molecule has 0 amide bonds. The lowest BCUT2D eigenvalue weighted by atomic mass is 10.0. The number of carboxylic acid groups (broad SMARTS) is 1. The van der Waals surface area contributed by atoms with Gasteiger partial charge in [0.2, 0.25) is 0 Å². The highest BCUT2D eigenvalue weighted by Gasteiger charge is 2.02. The molecule has 3 nitrogen and oxygen atoms in total. The molecule has 3 heteroatoms. The van der Waals surface area contributed by atoms with Crippen molar-refractivity contribution in [2.45, 2.75) is 26.2 Å². The monoisotopic (exact) mass is 234 g/mol. The fraction of sp³-hybridized carbons (Fsp3) is 0.357. The van der Waals surface area contributed by atoms with E-state index in [2.05, 4.69) is 6.92 Å². The Morgan fingerprint density at radius 3 is 2.82 bits per heavy atom. The van der Waals surface area contributed by atoms with Gasteiger partial charge in [-0.3, -0.25) is 0 Å². The second-order valence-electron chi connectivity index (χ2n) is 3.84. The number of aryl methyl sites for hydroxylation is 1. The Kier molecular flexibility index (Phi) is 5.27. The number of ether oxygens (including phenoxy) is 1. The third-order valence-corrected chi connectivity index (χ3v) is 2.56. The maximum atomic E-state index is 10.5. The Labute approximate surface area is 102 Å². The Hall–Kier alpha value is -1.77. The number of hydrogen-bond donors (Lipinski definition) is 1. The zero-order chi connectivity index (χ0) is 12.7. The Bertz CT molecular complexity index is 408. The quantitative estimate of drug-likeness (QED) is 0.769. The molecule has 0 saturated carbocycles. The van der Waals surface area contributed by atoms with Crippen molar-refractivity contribution in [2.75, 3.05) is 7.11 Å². The first-order chi connectivity index (χ1) is 8.17. The largest absolute Gasteiger partial charge is 0.497 e. The summed E-state index contributed by atoms with van der Waals surface area (Å²) in [5.41, 5.74) is 2.07. The number of unbranched alkanes of at least 4 members (excludes halogenated alkanes) is 1. The van der Waals surface area contributed by atoms with Gasteiger partial charge in [-0.05, 0) is 42.2 Å². The minimum atomic E-state index is -0.928. The molecule has 0 aromatic heterocycles. The van der Waals surface area contributed by atoms with Gasteiger partial charge in [-0.1, -0.05) is 19.4 Å². The highest BCUT2D eigenvalue weighted by molar-refractivity contribution is 5.85. The number of aliphatic carboxylic acids is 1. The maximum Gasteiger partial charge on any atom is 0.328 e. The van der Waals surface area contributed by atoms with Gasteiger partial charge in [-0.2, -0.15) is 0 Å². The normalized spacial score (nSPS) is 10.7. The lowest BCUT2D eigenvalue weighted by Crippen LogP contribution is -1.93. The molecule has 1 N–H and O–H groups in total. The highest BCUT2D eigenvalue weighted by Crippen LogP contribution is 2.20. The van der Waals surface area contributed by atoms with E-state index in [0.717, 1.165) is 42.2 Å². The van der Waals surface area contributed by atoms with Crippen molar-refractivity contribution in [1.29, 1.82) is 0 Å². The van der Waals surface area contributed by atoms with Gasteiger partial charge in [0.15, 0.2) is 0 Å². The molecule has 0 saturated heterocycles. The van der Waals surface area contributed by atoms with E-state index in [1.807, 2.05) is 18.2 Å². The summed E-state index contributed by atoms with van der Waals surface area (Å²) in [7, 11) is 1.63. The third kappa shape index (κ3) is 4.31. The van der Waals surface area contributed by atoms with Crippen LogP contribution in [0.2, 0.25) is 0 Å². The molecule has 1 rings (SSSR count). The van der Waals surface area contributed by atoms with E-state index in [1.54, 1.807) is 13.2 Å². The first kappa shape index (κ1) is 13.3.